The molecule has 0 saturated heterocycles. The number of rotatable bonds is 9. The molecule has 35 heavy (non-hydrogen) atoms. The van der Waals surface area contributed by atoms with Crippen LogP contribution in [-0.2, 0) is 10.0 Å². The van der Waals surface area contributed by atoms with Gasteiger partial charge in [0.15, 0.2) is 0 Å². The second kappa shape index (κ2) is 11.2. The number of sulfonamides is 1. The number of thioether (sulfide) groups is 1. The van der Waals surface area contributed by atoms with Gasteiger partial charge in [-0.2, -0.15) is 8.78 Å². The Kier molecular flexibility index (Phi) is 8.32. The lowest BCUT2D eigenvalue weighted by Crippen LogP contribution is -2.33. The Morgan fingerprint density at radius 1 is 1.00 bits per heavy atom. The van der Waals surface area contributed by atoms with Gasteiger partial charge in [0.25, 0.3) is 21.5 Å². The van der Waals surface area contributed by atoms with Crippen molar-refractivity contribution < 1.29 is 26.9 Å². The second-order valence-corrected chi connectivity index (χ2v) is 9.84. The molecule has 0 radical (unpaired) electrons. The Labute approximate surface area is 207 Å². The number of nitro benzene ring substituents is 1. The van der Waals surface area contributed by atoms with Crippen molar-refractivity contribution in [2.24, 2.45) is 0 Å². The maximum absolute atomic E-state index is 12.7. The summed E-state index contributed by atoms with van der Waals surface area (Å²) < 4.78 is 52.4. The van der Waals surface area contributed by atoms with E-state index in [0.717, 1.165) is 18.2 Å². The van der Waals surface area contributed by atoms with Crippen molar-refractivity contribution in [1.82, 2.24) is 5.43 Å². The molecule has 3 rings (SSSR count). The molecule has 3 aromatic carbocycles. The molecule has 2 amide bonds. The molecule has 0 bridgehead atoms. The fourth-order valence-corrected chi connectivity index (χ4v) is 4.38. The number of hydrazine groups is 1. The van der Waals surface area contributed by atoms with E-state index in [-0.39, 0.29) is 16.3 Å². The Balaban J connectivity index is 1.71. The smallest absolute Gasteiger partial charge is 0.307 e. The Bertz CT molecular complexity index is 1330. The van der Waals surface area contributed by atoms with Crippen LogP contribution < -0.4 is 20.9 Å². The van der Waals surface area contributed by atoms with Gasteiger partial charge in [-0.05, 0) is 60.7 Å². The number of alkyl halides is 2. The Morgan fingerprint density at radius 2 is 1.63 bits per heavy atom. The van der Waals surface area contributed by atoms with Crippen molar-refractivity contribution in [2.45, 2.75) is 15.5 Å². The monoisotopic (exact) mass is 543 g/mol. The van der Waals surface area contributed by atoms with E-state index in [1.165, 1.54) is 24.3 Å². The van der Waals surface area contributed by atoms with Crippen LogP contribution in [-0.4, -0.2) is 25.1 Å². The molecule has 0 saturated carbocycles. The van der Waals surface area contributed by atoms with Crippen LogP contribution in [0.5, 0.6) is 0 Å². The maximum atomic E-state index is 12.7. The highest BCUT2D eigenvalue weighted by atomic mass is 35.5. The minimum absolute atomic E-state index is 0.0778. The quantitative estimate of drug-likeness (QED) is 0.158. The molecule has 0 aliphatic carbocycles. The van der Waals surface area contributed by atoms with Crippen molar-refractivity contribution in [3.05, 3.63) is 81.9 Å². The summed E-state index contributed by atoms with van der Waals surface area (Å²) in [5.74, 6) is -2.62. The van der Waals surface area contributed by atoms with Crippen LogP contribution in [0, 0.1) is 10.1 Å². The summed E-state index contributed by atoms with van der Waals surface area (Å²) in [5, 5.41) is 14.4. The third-order valence-electron chi connectivity index (χ3n) is 4.22. The van der Waals surface area contributed by atoms with Gasteiger partial charge in [-0.25, -0.2) is 13.2 Å². The van der Waals surface area contributed by atoms with Crippen LogP contribution in [0.15, 0.2) is 76.5 Å². The lowest BCUT2D eigenvalue weighted by Gasteiger charge is -2.12. The van der Waals surface area contributed by atoms with E-state index in [1.807, 2.05) is 0 Å². The summed E-state index contributed by atoms with van der Waals surface area (Å²) >= 11 is 6.08. The first kappa shape index (κ1) is 26.0. The largest absolute Gasteiger partial charge is 0.337 e. The van der Waals surface area contributed by atoms with Gasteiger partial charge in [0.1, 0.15) is 5.69 Å². The number of anilines is 3. The Morgan fingerprint density at radius 3 is 2.23 bits per heavy atom. The van der Waals surface area contributed by atoms with Gasteiger partial charge in [0.05, 0.1) is 9.82 Å². The molecule has 0 unspecified atom stereocenters. The van der Waals surface area contributed by atoms with Crippen molar-refractivity contribution in [1.29, 1.82) is 0 Å². The minimum Gasteiger partial charge on any atom is -0.307 e. The molecule has 0 aliphatic rings. The van der Waals surface area contributed by atoms with Gasteiger partial charge in [0.2, 0.25) is 0 Å². The van der Waals surface area contributed by atoms with Gasteiger partial charge >= 0.3 is 6.03 Å². The van der Waals surface area contributed by atoms with Gasteiger partial charge in [-0.3, -0.25) is 25.7 Å². The van der Waals surface area contributed by atoms with E-state index >= 15 is 0 Å². The van der Waals surface area contributed by atoms with Crippen LogP contribution in [0.25, 0.3) is 0 Å². The molecule has 15 heteroatoms. The minimum atomic E-state index is -4.25. The highest BCUT2D eigenvalue weighted by Gasteiger charge is 2.22. The lowest BCUT2D eigenvalue weighted by molar-refractivity contribution is -0.384. The van der Waals surface area contributed by atoms with Crippen LogP contribution in [0.2, 0.25) is 5.02 Å². The lowest BCUT2D eigenvalue weighted by atomic mass is 10.3. The third-order valence-corrected chi connectivity index (χ3v) is 6.57. The Hall–Kier alpha value is -3.62. The zero-order valence-electron chi connectivity index (χ0n) is 17.4. The van der Waals surface area contributed by atoms with Crippen LogP contribution in [0.1, 0.15) is 0 Å². The van der Waals surface area contributed by atoms with Gasteiger partial charge in [0, 0.05) is 27.4 Å². The molecule has 0 aromatic heterocycles. The number of urea groups is 1. The average Bonchev–Trinajstić information content (AvgIpc) is 2.80. The van der Waals surface area contributed by atoms with E-state index in [2.05, 4.69) is 20.9 Å². The fraction of sp³-hybridized carbons (Fsp3) is 0.0500. The number of carbonyl (C=O) groups excluding carboxylic acids is 1. The first-order valence-corrected chi connectivity index (χ1v) is 12.2. The van der Waals surface area contributed by atoms with E-state index in [4.69, 9.17) is 11.6 Å². The first-order chi connectivity index (χ1) is 16.5. The number of nitrogens with zero attached hydrogens (tertiary/aromatic N) is 1. The third kappa shape index (κ3) is 7.43. The molecular formula is C20H16ClF2N5O5S2. The van der Waals surface area contributed by atoms with Crippen molar-refractivity contribution in [3.63, 3.8) is 0 Å². The SMILES string of the molecule is O=C(NNc1ccc(S(=O)(=O)Nc2ccc(SC(F)F)cc2)cc1[N+](=O)[O-])Nc1ccc(Cl)cc1. The average molecular weight is 544 g/mol. The van der Waals surface area contributed by atoms with Crippen LogP contribution in [0.3, 0.4) is 0 Å². The summed E-state index contributed by atoms with van der Waals surface area (Å²) in [7, 11) is -4.25. The molecular weight excluding hydrogens is 528 g/mol. The van der Waals surface area contributed by atoms with Gasteiger partial charge in [-0.1, -0.05) is 23.4 Å². The zero-order valence-corrected chi connectivity index (χ0v) is 19.8. The fourth-order valence-electron chi connectivity index (χ4n) is 2.67. The maximum Gasteiger partial charge on any atom is 0.337 e. The molecule has 0 heterocycles. The van der Waals surface area contributed by atoms with E-state index in [9.17, 15) is 32.1 Å². The number of carbonyl (C=O) groups is 1. The summed E-state index contributed by atoms with van der Waals surface area (Å²) in [6.07, 6.45) is 0. The molecule has 184 valence electrons. The normalized spacial score (nSPS) is 11.1. The van der Waals surface area contributed by atoms with Gasteiger partial charge in [-0.15, -0.1) is 0 Å². The van der Waals surface area contributed by atoms with E-state index < -0.39 is 37.3 Å². The standard InChI is InChI=1S/C20H16ClF2N5O5S2/c21-12-1-3-13(4-2-12)24-20(29)26-25-17-10-9-16(11-18(17)28(30)31)35(32,33)27-14-5-7-15(8-6-14)34-19(22)23/h1-11,19,25,27H,(H2,24,26,29). The molecule has 3 aromatic rings. The van der Waals surface area contributed by atoms with Crippen molar-refractivity contribution in [3.8, 4) is 0 Å². The molecule has 0 fully saturated rings. The number of nitro groups is 1. The highest BCUT2D eigenvalue weighted by molar-refractivity contribution is 7.99. The number of amides is 2. The summed E-state index contributed by atoms with van der Waals surface area (Å²) in [6.45, 7) is 0. The zero-order chi connectivity index (χ0) is 25.6. The highest BCUT2D eigenvalue weighted by Crippen LogP contribution is 2.29. The number of hydrogen-bond donors (Lipinski definition) is 4. The van der Waals surface area contributed by atoms with Crippen LogP contribution in [0.4, 0.5) is 36.3 Å². The summed E-state index contributed by atoms with van der Waals surface area (Å²) in [6, 6.07) is 13.7. The number of hydrogen-bond acceptors (Lipinski definition) is 7. The van der Waals surface area contributed by atoms with Gasteiger partial charge < -0.3 is 5.32 Å². The van der Waals surface area contributed by atoms with Crippen LogP contribution >= 0.6 is 23.4 Å². The number of halogens is 3. The topological polar surface area (TPSA) is 142 Å². The predicted molar refractivity (Wildman–Crippen MR) is 129 cm³/mol. The molecule has 10 nitrogen and oxygen atoms in total. The molecule has 4 N–H and O–H groups in total. The van der Waals surface area contributed by atoms with E-state index in [0.29, 0.717) is 22.5 Å². The number of nitrogens with one attached hydrogen (secondary N) is 4. The van der Waals surface area contributed by atoms with E-state index in [1.54, 1.807) is 24.3 Å². The van der Waals surface area contributed by atoms with Crippen molar-refractivity contribution >= 4 is 62.2 Å². The molecule has 0 spiro atoms. The number of benzene rings is 3. The van der Waals surface area contributed by atoms with Crippen molar-refractivity contribution in [2.75, 3.05) is 15.5 Å². The first-order valence-electron chi connectivity index (χ1n) is 9.48. The molecule has 0 atom stereocenters. The predicted octanol–water partition coefficient (Wildman–Crippen LogP) is 5.51. The molecule has 0 aliphatic heterocycles. The summed E-state index contributed by atoms with van der Waals surface area (Å²) in [4.78, 5) is 22.5. The second-order valence-electron chi connectivity index (χ2n) is 6.66. The summed E-state index contributed by atoms with van der Waals surface area (Å²) in [5.41, 5.74) is 4.28.